The van der Waals surface area contributed by atoms with Gasteiger partial charge in [-0.15, -0.1) is 0 Å². The molecule has 1 aromatic rings. The summed E-state index contributed by atoms with van der Waals surface area (Å²) >= 11 is 0. The Labute approximate surface area is 120 Å². The molecule has 1 heterocycles. The molecule has 0 aliphatic carbocycles. The molecule has 0 radical (unpaired) electrons. The average Bonchev–Trinajstić information content (AvgIpc) is 2.90. The number of aliphatic carboxylic acids is 1. The van der Waals surface area contributed by atoms with Crippen LogP contribution in [0.15, 0.2) is 24.3 Å². The van der Waals surface area contributed by atoms with Crippen LogP contribution in [0.4, 0.5) is 0 Å². The summed E-state index contributed by atoms with van der Waals surface area (Å²) in [6, 6.07) is 7.82. The summed E-state index contributed by atoms with van der Waals surface area (Å²) in [7, 11) is 0. The van der Waals surface area contributed by atoms with E-state index in [0.717, 1.165) is 37.2 Å². The standard InChI is InChI=1S/C16H23NO3/c1-12(2)20-14-7-5-13(6-8-14)15(11-16(18)19)17-9-3-4-10-17/h5-8,12,15H,3-4,9-11H2,1-2H3,(H,18,19). The van der Waals surface area contributed by atoms with Gasteiger partial charge in [-0.3, -0.25) is 9.69 Å². The molecule has 0 bridgehead atoms. The molecule has 0 spiro atoms. The van der Waals surface area contributed by atoms with Crippen molar-refractivity contribution >= 4 is 5.97 Å². The molecule has 2 rings (SSSR count). The highest BCUT2D eigenvalue weighted by Gasteiger charge is 2.25. The van der Waals surface area contributed by atoms with Gasteiger partial charge in [-0.2, -0.15) is 0 Å². The van der Waals surface area contributed by atoms with E-state index in [1.807, 2.05) is 38.1 Å². The first-order valence-electron chi connectivity index (χ1n) is 7.28. The number of hydrogen-bond acceptors (Lipinski definition) is 3. The first-order valence-corrected chi connectivity index (χ1v) is 7.28. The van der Waals surface area contributed by atoms with Crippen molar-refractivity contribution < 1.29 is 14.6 Å². The van der Waals surface area contributed by atoms with Gasteiger partial charge in [0.05, 0.1) is 12.5 Å². The fourth-order valence-corrected chi connectivity index (χ4v) is 2.72. The highest BCUT2D eigenvalue weighted by Crippen LogP contribution is 2.29. The van der Waals surface area contributed by atoms with Gasteiger partial charge in [0.1, 0.15) is 5.75 Å². The molecule has 0 amide bonds. The molecule has 1 saturated heterocycles. The number of benzene rings is 1. The van der Waals surface area contributed by atoms with Crippen molar-refractivity contribution in [2.24, 2.45) is 0 Å². The van der Waals surface area contributed by atoms with Crippen LogP contribution >= 0.6 is 0 Å². The van der Waals surface area contributed by atoms with Crippen molar-refractivity contribution in [3.8, 4) is 5.75 Å². The van der Waals surface area contributed by atoms with E-state index in [0.29, 0.717) is 0 Å². The molecule has 1 aliphatic heterocycles. The molecular weight excluding hydrogens is 254 g/mol. The van der Waals surface area contributed by atoms with Crippen LogP contribution in [-0.4, -0.2) is 35.2 Å². The fourth-order valence-electron chi connectivity index (χ4n) is 2.72. The number of carboxylic acids is 1. The smallest absolute Gasteiger partial charge is 0.305 e. The SMILES string of the molecule is CC(C)Oc1ccc(C(CC(=O)O)N2CCCC2)cc1. The third kappa shape index (κ3) is 3.97. The maximum Gasteiger partial charge on any atom is 0.305 e. The van der Waals surface area contributed by atoms with Gasteiger partial charge in [0.15, 0.2) is 0 Å². The van der Waals surface area contributed by atoms with Crippen molar-refractivity contribution in [1.29, 1.82) is 0 Å². The van der Waals surface area contributed by atoms with Crippen LogP contribution < -0.4 is 4.74 Å². The Bertz CT molecular complexity index is 436. The summed E-state index contributed by atoms with van der Waals surface area (Å²) in [5.41, 5.74) is 1.06. The lowest BCUT2D eigenvalue weighted by Gasteiger charge is -2.26. The molecular formula is C16H23NO3. The molecule has 1 unspecified atom stereocenters. The lowest BCUT2D eigenvalue weighted by atomic mass is 10.0. The molecule has 1 fully saturated rings. The van der Waals surface area contributed by atoms with Gasteiger partial charge in [0, 0.05) is 6.04 Å². The van der Waals surface area contributed by atoms with Crippen LogP contribution in [0.3, 0.4) is 0 Å². The van der Waals surface area contributed by atoms with Crippen LogP contribution in [0, 0.1) is 0 Å². The van der Waals surface area contributed by atoms with Crippen LogP contribution in [-0.2, 0) is 4.79 Å². The lowest BCUT2D eigenvalue weighted by molar-refractivity contribution is -0.138. The minimum absolute atomic E-state index is 0.0249. The number of nitrogens with zero attached hydrogens (tertiary/aromatic N) is 1. The Morgan fingerprint density at radius 1 is 1.25 bits per heavy atom. The number of rotatable bonds is 6. The van der Waals surface area contributed by atoms with Crippen LogP contribution in [0.2, 0.25) is 0 Å². The van der Waals surface area contributed by atoms with Crippen molar-refractivity contribution in [3.63, 3.8) is 0 Å². The molecule has 1 aromatic carbocycles. The second kappa shape index (κ2) is 6.75. The summed E-state index contributed by atoms with van der Waals surface area (Å²) in [5, 5.41) is 9.13. The predicted octanol–water partition coefficient (Wildman–Crippen LogP) is 3.09. The topological polar surface area (TPSA) is 49.8 Å². The van der Waals surface area contributed by atoms with E-state index < -0.39 is 5.97 Å². The molecule has 1 N–H and O–H groups in total. The number of likely N-dealkylation sites (tertiary alicyclic amines) is 1. The Kier molecular flexibility index (Phi) is 5.01. The molecule has 20 heavy (non-hydrogen) atoms. The van der Waals surface area contributed by atoms with E-state index in [9.17, 15) is 4.79 Å². The van der Waals surface area contributed by atoms with E-state index in [-0.39, 0.29) is 18.6 Å². The molecule has 1 aliphatic rings. The molecule has 0 aromatic heterocycles. The highest BCUT2D eigenvalue weighted by atomic mass is 16.5. The quantitative estimate of drug-likeness (QED) is 0.868. The molecule has 4 heteroatoms. The fraction of sp³-hybridized carbons (Fsp3) is 0.562. The summed E-state index contributed by atoms with van der Waals surface area (Å²) in [5.74, 6) is 0.0867. The zero-order valence-electron chi connectivity index (χ0n) is 12.2. The molecule has 110 valence electrons. The molecule has 1 atom stereocenters. The van der Waals surface area contributed by atoms with Gasteiger partial charge in [0.25, 0.3) is 0 Å². The van der Waals surface area contributed by atoms with E-state index in [1.54, 1.807) is 0 Å². The van der Waals surface area contributed by atoms with Gasteiger partial charge < -0.3 is 9.84 Å². The van der Waals surface area contributed by atoms with Gasteiger partial charge in [-0.25, -0.2) is 0 Å². The normalized spacial score (nSPS) is 17.4. The van der Waals surface area contributed by atoms with Gasteiger partial charge >= 0.3 is 5.97 Å². The monoisotopic (exact) mass is 277 g/mol. The van der Waals surface area contributed by atoms with E-state index in [1.165, 1.54) is 0 Å². The minimum Gasteiger partial charge on any atom is -0.491 e. The van der Waals surface area contributed by atoms with Crippen LogP contribution in [0.1, 0.15) is 44.7 Å². The zero-order valence-corrected chi connectivity index (χ0v) is 12.2. The van der Waals surface area contributed by atoms with Crippen LogP contribution in [0.5, 0.6) is 5.75 Å². The maximum atomic E-state index is 11.1. The van der Waals surface area contributed by atoms with E-state index >= 15 is 0 Å². The van der Waals surface area contributed by atoms with E-state index in [2.05, 4.69) is 4.90 Å². The number of ether oxygens (including phenoxy) is 1. The second-order valence-electron chi connectivity index (χ2n) is 5.59. The van der Waals surface area contributed by atoms with Gasteiger partial charge in [-0.05, 0) is 57.5 Å². The second-order valence-corrected chi connectivity index (χ2v) is 5.59. The Hall–Kier alpha value is -1.55. The Morgan fingerprint density at radius 3 is 2.35 bits per heavy atom. The molecule has 4 nitrogen and oxygen atoms in total. The highest BCUT2D eigenvalue weighted by molar-refractivity contribution is 5.68. The zero-order chi connectivity index (χ0) is 14.5. The summed E-state index contributed by atoms with van der Waals surface area (Å²) in [6.07, 6.45) is 2.62. The maximum absolute atomic E-state index is 11.1. The Morgan fingerprint density at radius 2 is 1.85 bits per heavy atom. The van der Waals surface area contributed by atoms with Crippen molar-refractivity contribution in [2.75, 3.05) is 13.1 Å². The predicted molar refractivity (Wildman–Crippen MR) is 78.0 cm³/mol. The Balaban J connectivity index is 2.13. The third-order valence-corrected chi connectivity index (χ3v) is 3.59. The lowest BCUT2D eigenvalue weighted by Crippen LogP contribution is -2.27. The largest absolute Gasteiger partial charge is 0.491 e. The summed E-state index contributed by atoms with van der Waals surface area (Å²) in [6.45, 7) is 5.96. The minimum atomic E-state index is -0.746. The summed E-state index contributed by atoms with van der Waals surface area (Å²) < 4.78 is 5.63. The van der Waals surface area contributed by atoms with Crippen molar-refractivity contribution in [2.45, 2.75) is 45.3 Å². The van der Waals surface area contributed by atoms with Crippen LogP contribution in [0.25, 0.3) is 0 Å². The summed E-state index contributed by atoms with van der Waals surface area (Å²) in [4.78, 5) is 13.4. The van der Waals surface area contributed by atoms with Crippen molar-refractivity contribution in [1.82, 2.24) is 4.90 Å². The average molecular weight is 277 g/mol. The number of hydrogen-bond donors (Lipinski definition) is 1. The number of carboxylic acid groups (broad SMARTS) is 1. The van der Waals surface area contributed by atoms with Gasteiger partial charge in [-0.1, -0.05) is 12.1 Å². The number of carbonyl (C=O) groups is 1. The first kappa shape index (κ1) is 14.9. The first-order chi connectivity index (χ1) is 9.56. The van der Waals surface area contributed by atoms with E-state index in [4.69, 9.17) is 9.84 Å². The molecule has 0 saturated carbocycles. The van der Waals surface area contributed by atoms with Crippen molar-refractivity contribution in [3.05, 3.63) is 29.8 Å². The third-order valence-electron chi connectivity index (χ3n) is 3.59. The van der Waals surface area contributed by atoms with Gasteiger partial charge in [0.2, 0.25) is 0 Å².